The molecule has 2 aromatic rings. The number of fused-ring (bicyclic) bond motifs is 1. The van der Waals surface area contributed by atoms with E-state index in [1.807, 2.05) is 0 Å². The fraction of sp³-hybridized carbons (Fsp3) is 0.300. The second-order valence-electron chi connectivity index (χ2n) is 4.09. The van der Waals surface area contributed by atoms with Crippen molar-refractivity contribution in [3.05, 3.63) is 16.1 Å². The molecule has 1 aromatic carbocycles. The number of benzene rings is 1. The Bertz CT molecular complexity index is 791. The van der Waals surface area contributed by atoms with Crippen LogP contribution in [0.25, 0.3) is 11.0 Å². The molecule has 11 heteroatoms. The maximum Gasteiger partial charge on any atom is 0.303 e. The number of aliphatic carboxylic acids is 1. The summed E-state index contributed by atoms with van der Waals surface area (Å²) in [5, 5.41) is 8.89. The Kier molecular flexibility index (Phi) is 4.87. The quantitative estimate of drug-likeness (QED) is 0.809. The zero-order valence-electron chi connectivity index (χ0n) is 10.3. The molecule has 0 radical (unpaired) electrons. The minimum atomic E-state index is -3.74. The lowest BCUT2D eigenvalue weighted by Crippen LogP contribution is -2.18. The lowest BCUT2D eigenvalue weighted by molar-refractivity contribution is -0.137. The minimum Gasteiger partial charge on any atom is -0.481 e. The first-order chi connectivity index (χ1) is 9.80. The number of nitrogens with zero attached hydrogens (tertiary/aromatic N) is 2. The predicted molar refractivity (Wildman–Crippen MR) is 81.7 cm³/mol. The van der Waals surface area contributed by atoms with Crippen molar-refractivity contribution >= 4 is 67.6 Å². The molecule has 0 unspecified atom stereocenters. The zero-order chi connectivity index (χ0) is 15.6. The molecule has 0 aliphatic rings. The molecule has 114 valence electrons. The third kappa shape index (κ3) is 3.94. The van der Waals surface area contributed by atoms with E-state index >= 15 is 0 Å². The summed E-state index contributed by atoms with van der Waals surface area (Å²) in [6.45, 7) is 0. The molecule has 0 fully saturated rings. The number of hydrogen-bond acceptors (Lipinski definition) is 6. The molecule has 0 aliphatic carbocycles. The van der Waals surface area contributed by atoms with Crippen LogP contribution < -0.4 is 4.72 Å². The van der Waals surface area contributed by atoms with Gasteiger partial charge in [-0.15, -0.1) is 0 Å². The van der Waals surface area contributed by atoms with Gasteiger partial charge in [0.15, 0.2) is 0 Å². The minimum absolute atomic E-state index is 0.00562. The molecule has 1 heterocycles. The van der Waals surface area contributed by atoms with Gasteiger partial charge in [0.2, 0.25) is 10.0 Å². The van der Waals surface area contributed by atoms with Gasteiger partial charge in [-0.3, -0.25) is 9.52 Å². The van der Waals surface area contributed by atoms with Crippen molar-refractivity contribution in [2.45, 2.75) is 12.8 Å². The SMILES string of the molecule is O=C(O)CCCS(=O)(=O)Nc1c(Cl)cc(Cl)c2nsnc12. The van der Waals surface area contributed by atoms with Gasteiger partial charge in [0, 0.05) is 6.42 Å². The summed E-state index contributed by atoms with van der Waals surface area (Å²) in [6.07, 6.45) is -0.239. The Morgan fingerprint density at radius 2 is 1.95 bits per heavy atom. The number of carboxylic acids is 1. The molecular formula is C10H9Cl2N3O4S2. The van der Waals surface area contributed by atoms with Gasteiger partial charge in [0.05, 0.1) is 33.2 Å². The van der Waals surface area contributed by atoms with E-state index in [2.05, 4.69) is 13.5 Å². The molecule has 21 heavy (non-hydrogen) atoms. The van der Waals surface area contributed by atoms with Crippen molar-refractivity contribution in [3.63, 3.8) is 0 Å². The number of rotatable bonds is 6. The lowest BCUT2D eigenvalue weighted by atomic mass is 10.3. The molecule has 0 saturated heterocycles. The van der Waals surface area contributed by atoms with Gasteiger partial charge in [0.1, 0.15) is 11.0 Å². The van der Waals surface area contributed by atoms with Gasteiger partial charge in [-0.1, -0.05) is 23.2 Å². The van der Waals surface area contributed by atoms with E-state index in [1.165, 1.54) is 6.07 Å². The second kappa shape index (κ2) is 6.30. The predicted octanol–water partition coefficient (Wildman–Crippen LogP) is 2.60. The van der Waals surface area contributed by atoms with E-state index in [4.69, 9.17) is 28.3 Å². The summed E-state index contributed by atoms with van der Waals surface area (Å²) in [4.78, 5) is 10.4. The number of carbonyl (C=O) groups is 1. The number of sulfonamides is 1. The van der Waals surface area contributed by atoms with E-state index in [1.54, 1.807) is 0 Å². The first kappa shape index (κ1) is 16.2. The van der Waals surface area contributed by atoms with Crippen LogP contribution in [0, 0.1) is 0 Å². The Morgan fingerprint density at radius 1 is 1.29 bits per heavy atom. The van der Waals surface area contributed by atoms with Crippen molar-refractivity contribution in [2.75, 3.05) is 10.5 Å². The van der Waals surface area contributed by atoms with Gasteiger partial charge in [-0.25, -0.2) is 8.42 Å². The monoisotopic (exact) mass is 369 g/mol. The van der Waals surface area contributed by atoms with Gasteiger partial charge >= 0.3 is 5.97 Å². The van der Waals surface area contributed by atoms with Gasteiger partial charge in [0.25, 0.3) is 0 Å². The first-order valence-corrected chi connectivity index (χ1v) is 8.76. The highest BCUT2D eigenvalue weighted by atomic mass is 35.5. The van der Waals surface area contributed by atoms with Crippen LogP contribution in [0.3, 0.4) is 0 Å². The third-order valence-electron chi connectivity index (χ3n) is 2.51. The zero-order valence-corrected chi connectivity index (χ0v) is 13.5. The first-order valence-electron chi connectivity index (χ1n) is 5.63. The molecule has 0 atom stereocenters. The summed E-state index contributed by atoms with van der Waals surface area (Å²) in [5.41, 5.74) is 0.716. The fourth-order valence-electron chi connectivity index (χ4n) is 1.59. The molecule has 1 aromatic heterocycles. The summed E-state index contributed by atoms with van der Waals surface area (Å²) in [7, 11) is -3.74. The van der Waals surface area contributed by atoms with Crippen LogP contribution in [0.15, 0.2) is 6.07 Å². The van der Waals surface area contributed by atoms with E-state index in [9.17, 15) is 13.2 Å². The van der Waals surface area contributed by atoms with E-state index in [-0.39, 0.29) is 39.8 Å². The van der Waals surface area contributed by atoms with Crippen LogP contribution in [0.4, 0.5) is 5.69 Å². The smallest absolute Gasteiger partial charge is 0.303 e. The summed E-state index contributed by atoms with van der Waals surface area (Å²) >= 11 is 12.8. The van der Waals surface area contributed by atoms with Crippen LogP contribution in [-0.2, 0) is 14.8 Å². The van der Waals surface area contributed by atoms with Crippen LogP contribution in [0.1, 0.15) is 12.8 Å². The number of nitrogens with one attached hydrogen (secondary N) is 1. The number of carboxylic acid groups (broad SMARTS) is 1. The molecule has 7 nitrogen and oxygen atoms in total. The normalized spacial score (nSPS) is 11.7. The Balaban J connectivity index is 2.27. The molecule has 0 saturated carbocycles. The second-order valence-corrected chi connectivity index (χ2v) is 7.28. The van der Waals surface area contributed by atoms with E-state index in [0.717, 1.165) is 11.7 Å². The average Bonchev–Trinajstić information content (AvgIpc) is 2.83. The molecule has 0 bridgehead atoms. The molecule has 2 N–H and O–H groups in total. The Morgan fingerprint density at radius 3 is 2.62 bits per heavy atom. The van der Waals surface area contributed by atoms with Crippen LogP contribution in [-0.4, -0.2) is 34.0 Å². The molecule has 2 rings (SSSR count). The summed E-state index contributed by atoms with van der Waals surface area (Å²) in [6, 6.07) is 1.38. The lowest BCUT2D eigenvalue weighted by Gasteiger charge is -2.10. The number of anilines is 1. The topological polar surface area (TPSA) is 109 Å². The molecule has 0 aliphatic heterocycles. The van der Waals surface area contributed by atoms with Crippen molar-refractivity contribution in [1.29, 1.82) is 0 Å². The fourth-order valence-corrected chi connectivity index (χ4v) is 3.95. The standard InChI is InChI=1S/C10H9Cl2N3O4S2/c11-5-4-6(12)9(10-8(5)13-20-14-10)15-21(18,19)3-1-2-7(16)17/h4,15H,1-3H2,(H,16,17). The summed E-state index contributed by atoms with van der Waals surface area (Å²) in [5.74, 6) is -1.39. The Hall–Kier alpha value is -1.16. The average molecular weight is 370 g/mol. The highest BCUT2D eigenvalue weighted by Crippen LogP contribution is 2.35. The van der Waals surface area contributed by atoms with Crippen LogP contribution >= 0.6 is 34.9 Å². The van der Waals surface area contributed by atoms with Gasteiger partial charge in [-0.05, 0) is 12.5 Å². The van der Waals surface area contributed by atoms with E-state index < -0.39 is 16.0 Å². The van der Waals surface area contributed by atoms with Gasteiger partial charge < -0.3 is 5.11 Å². The van der Waals surface area contributed by atoms with E-state index in [0.29, 0.717) is 5.52 Å². The molecule has 0 spiro atoms. The Labute approximate surface area is 134 Å². The largest absolute Gasteiger partial charge is 0.481 e. The van der Waals surface area contributed by atoms with Crippen LogP contribution in [0.5, 0.6) is 0 Å². The molecule has 0 amide bonds. The van der Waals surface area contributed by atoms with Crippen molar-refractivity contribution < 1.29 is 18.3 Å². The van der Waals surface area contributed by atoms with Crippen molar-refractivity contribution in [1.82, 2.24) is 8.75 Å². The maximum absolute atomic E-state index is 11.9. The highest BCUT2D eigenvalue weighted by molar-refractivity contribution is 7.92. The van der Waals surface area contributed by atoms with Crippen molar-refractivity contribution in [2.24, 2.45) is 0 Å². The maximum atomic E-state index is 11.9. The number of aromatic nitrogens is 2. The molecular weight excluding hydrogens is 361 g/mol. The number of hydrogen-bond donors (Lipinski definition) is 2. The number of halogens is 2. The summed E-state index contributed by atoms with van der Waals surface area (Å²) < 4.78 is 34.1. The van der Waals surface area contributed by atoms with Crippen LogP contribution in [0.2, 0.25) is 10.0 Å². The third-order valence-corrected chi connectivity index (χ3v) is 4.96. The highest BCUT2D eigenvalue weighted by Gasteiger charge is 2.19. The van der Waals surface area contributed by atoms with Gasteiger partial charge in [-0.2, -0.15) is 8.75 Å². The van der Waals surface area contributed by atoms with Crippen molar-refractivity contribution in [3.8, 4) is 0 Å².